The lowest BCUT2D eigenvalue weighted by Crippen LogP contribution is -2.36. The van der Waals surface area contributed by atoms with E-state index in [1.807, 2.05) is 43.7 Å². The molecule has 5 rings (SSSR count). The minimum absolute atomic E-state index is 0.155. The highest BCUT2D eigenvalue weighted by Gasteiger charge is 2.24. The van der Waals surface area contributed by atoms with Gasteiger partial charge in [0.15, 0.2) is 5.82 Å². The number of aromatic nitrogens is 5. The van der Waals surface area contributed by atoms with Crippen LogP contribution in [0.3, 0.4) is 0 Å². The van der Waals surface area contributed by atoms with Crippen LogP contribution in [-0.4, -0.2) is 43.6 Å². The van der Waals surface area contributed by atoms with Crippen LogP contribution in [0.5, 0.6) is 0 Å². The lowest BCUT2D eigenvalue weighted by molar-refractivity contribution is -0.121. The first-order chi connectivity index (χ1) is 15.6. The molecule has 0 atom stereocenters. The number of carbonyl (C=O) groups excluding carboxylic acids is 1. The highest BCUT2D eigenvalue weighted by atomic mass is 16.1. The fourth-order valence-electron chi connectivity index (χ4n) is 4.24. The Morgan fingerprint density at radius 1 is 1.09 bits per heavy atom. The van der Waals surface area contributed by atoms with Crippen LogP contribution in [-0.2, 0) is 11.8 Å². The smallest absolute Gasteiger partial charge is 0.153 e. The SMILES string of the molecule is CC(=O)C1CCN(c2nc(-c3ccnc(Nc4ccn(C)n4)c3)cc3cnccc23)CC1. The van der Waals surface area contributed by atoms with Gasteiger partial charge in [-0.1, -0.05) is 0 Å². The Kier molecular flexibility index (Phi) is 5.26. The van der Waals surface area contributed by atoms with E-state index in [1.165, 1.54) is 0 Å². The van der Waals surface area contributed by atoms with Crippen molar-refractivity contribution in [2.24, 2.45) is 13.0 Å². The van der Waals surface area contributed by atoms with E-state index >= 15 is 0 Å². The van der Waals surface area contributed by atoms with Crippen LogP contribution < -0.4 is 10.2 Å². The number of rotatable bonds is 5. The van der Waals surface area contributed by atoms with Gasteiger partial charge < -0.3 is 10.2 Å². The molecule has 1 saturated heterocycles. The van der Waals surface area contributed by atoms with Crippen LogP contribution >= 0.6 is 0 Å². The summed E-state index contributed by atoms with van der Waals surface area (Å²) in [6.45, 7) is 3.34. The van der Waals surface area contributed by atoms with Crippen molar-refractivity contribution in [1.29, 1.82) is 0 Å². The number of ketones is 1. The second-order valence-corrected chi connectivity index (χ2v) is 8.23. The maximum absolute atomic E-state index is 11.8. The van der Waals surface area contributed by atoms with Gasteiger partial charge in [-0.15, -0.1) is 0 Å². The van der Waals surface area contributed by atoms with E-state index in [4.69, 9.17) is 4.98 Å². The molecule has 4 aromatic heterocycles. The number of nitrogens with one attached hydrogen (secondary N) is 1. The van der Waals surface area contributed by atoms with Crippen LogP contribution in [0, 0.1) is 5.92 Å². The van der Waals surface area contributed by atoms with E-state index in [-0.39, 0.29) is 11.7 Å². The quantitative estimate of drug-likeness (QED) is 0.515. The summed E-state index contributed by atoms with van der Waals surface area (Å²) in [6.07, 6.45) is 9.05. The summed E-state index contributed by atoms with van der Waals surface area (Å²) >= 11 is 0. The number of nitrogens with zero attached hydrogens (tertiary/aromatic N) is 6. The molecule has 1 fully saturated rings. The monoisotopic (exact) mass is 427 g/mol. The van der Waals surface area contributed by atoms with E-state index in [9.17, 15) is 4.79 Å². The number of aryl methyl sites for hydroxylation is 1. The molecule has 5 heterocycles. The topological polar surface area (TPSA) is 88.8 Å². The lowest BCUT2D eigenvalue weighted by atomic mass is 9.93. The maximum Gasteiger partial charge on any atom is 0.153 e. The van der Waals surface area contributed by atoms with Crippen molar-refractivity contribution in [2.75, 3.05) is 23.3 Å². The number of fused-ring (bicyclic) bond motifs is 1. The van der Waals surface area contributed by atoms with Crippen molar-refractivity contribution < 1.29 is 4.79 Å². The minimum atomic E-state index is 0.155. The highest BCUT2D eigenvalue weighted by Crippen LogP contribution is 2.32. The number of anilines is 3. The third-order valence-corrected chi connectivity index (χ3v) is 6.01. The molecule has 1 aliphatic rings. The van der Waals surface area contributed by atoms with Gasteiger partial charge in [-0.2, -0.15) is 5.10 Å². The van der Waals surface area contributed by atoms with Crippen LogP contribution in [0.1, 0.15) is 19.8 Å². The molecule has 32 heavy (non-hydrogen) atoms. The Morgan fingerprint density at radius 2 is 1.94 bits per heavy atom. The number of Topliss-reactive ketones (excluding diaryl/α,β-unsaturated/α-hetero) is 1. The number of carbonyl (C=O) groups is 1. The summed E-state index contributed by atoms with van der Waals surface area (Å²) in [7, 11) is 1.88. The largest absolute Gasteiger partial charge is 0.356 e. The summed E-state index contributed by atoms with van der Waals surface area (Å²) in [5, 5.41) is 9.71. The van der Waals surface area contributed by atoms with Gasteiger partial charge in [-0.25, -0.2) is 9.97 Å². The molecular formula is C24H25N7O. The van der Waals surface area contributed by atoms with Crippen LogP contribution in [0.4, 0.5) is 17.5 Å². The van der Waals surface area contributed by atoms with Crippen LogP contribution in [0.25, 0.3) is 22.0 Å². The molecule has 0 aliphatic carbocycles. The van der Waals surface area contributed by atoms with E-state index in [1.54, 1.807) is 24.0 Å². The van der Waals surface area contributed by atoms with Crippen LogP contribution in [0.2, 0.25) is 0 Å². The number of piperidine rings is 1. The molecule has 0 unspecified atom stereocenters. The first-order valence-corrected chi connectivity index (χ1v) is 10.8. The van der Waals surface area contributed by atoms with Gasteiger partial charge in [0.05, 0.1) is 5.69 Å². The van der Waals surface area contributed by atoms with Crippen molar-refractivity contribution in [3.05, 3.63) is 55.1 Å². The summed E-state index contributed by atoms with van der Waals surface area (Å²) in [5.74, 6) is 2.82. The van der Waals surface area contributed by atoms with Crippen molar-refractivity contribution >= 4 is 34.0 Å². The third kappa shape index (κ3) is 4.03. The van der Waals surface area contributed by atoms with Crippen molar-refractivity contribution in [1.82, 2.24) is 24.7 Å². The summed E-state index contributed by atoms with van der Waals surface area (Å²) in [4.78, 5) is 27.9. The Bertz CT molecular complexity index is 1270. The number of hydrogen-bond donors (Lipinski definition) is 1. The normalized spacial score (nSPS) is 14.6. The second-order valence-electron chi connectivity index (χ2n) is 8.23. The highest BCUT2D eigenvalue weighted by molar-refractivity contribution is 5.94. The predicted molar refractivity (Wildman–Crippen MR) is 125 cm³/mol. The van der Waals surface area contributed by atoms with Gasteiger partial charge in [0, 0.05) is 73.2 Å². The van der Waals surface area contributed by atoms with Gasteiger partial charge in [0.25, 0.3) is 0 Å². The van der Waals surface area contributed by atoms with Gasteiger partial charge in [-0.05, 0) is 44.0 Å². The molecule has 1 aliphatic heterocycles. The average Bonchev–Trinajstić information content (AvgIpc) is 3.23. The maximum atomic E-state index is 11.8. The summed E-state index contributed by atoms with van der Waals surface area (Å²) in [6, 6.07) is 9.91. The van der Waals surface area contributed by atoms with Gasteiger partial charge in [0.2, 0.25) is 0 Å². The van der Waals surface area contributed by atoms with E-state index in [0.29, 0.717) is 5.82 Å². The first-order valence-electron chi connectivity index (χ1n) is 10.8. The standard InChI is InChI=1S/C24H25N7O/c1-16(32)17-5-11-31(12-6-17)24-20-4-8-25-15-19(20)13-21(27-24)18-3-9-26-23(14-18)28-22-7-10-30(2)29-22/h3-4,7-10,13-15,17H,5-6,11-12H2,1-2H3,(H,26,28,29). The van der Waals surface area contributed by atoms with Gasteiger partial charge >= 0.3 is 0 Å². The second kappa shape index (κ2) is 8.37. The molecular weight excluding hydrogens is 402 g/mol. The summed E-state index contributed by atoms with van der Waals surface area (Å²) < 4.78 is 1.74. The molecule has 0 aromatic carbocycles. The molecule has 0 saturated carbocycles. The Hall–Kier alpha value is -3.81. The minimum Gasteiger partial charge on any atom is -0.356 e. The predicted octanol–water partition coefficient (Wildman–Crippen LogP) is 3.97. The Labute approximate surface area is 186 Å². The zero-order valence-corrected chi connectivity index (χ0v) is 18.2. The average molecular weight is 428 g/mol. The Balaban J connectivity index is 1.50. The van der Waals surface area contributed by atoms with Crippen molar-refractivity contribution in [2.45, 2.75) is 19.8 Å². The molecule has 162 valence electrons. The third-order valence-electron chi connectivity index (χ3n) is 6.01. The van der Waals surface area contributed by atoms with E-state index in [0.717, 1.165) is 59.6 Å². The molecule has 0 amide bonds. The lowest BCUT2D eigenvalue weighted by Gasteiger charge is -2.32. The van der Waals surface area contributed by atoms with Crippen molar-refractivity contribution in [3.63, 3.8) is 0 Å². The fraction of sp³-hybridized carbons (Fsp3) is 0.292. The zero-order valence-electron chi connectivity index (χ0n) is 18.2. The van der Waals surface area contributed by atoms with Crippen LogP contribution in [0.15, 0.2) is 55.1 Å². The van der Waals surface area contributed by atoms with Gasteiger partial charge in [0.1, 0.15) is 17.4 Å². The molecule has 4 aromatic rings. The van der Waals surface area contributed by atoms with Gasteiger partial charge in [-0.3, -0.25) is 14.5 Å². The fourth-order valence-corrected chi connectivity index (χ4v) is 4.24. The number of pyridine rings is 3. The van der Waals surface area contributed by atoms with Crippen molar-refractivity contribution in [3.8, 4) is 11.3 Å². The molecule has 1 N–H and O–H groups in total. The first kappa shape index (κ1) is 20.1. The van der Waals surface area contributed by atoms with E-state index < -0.39 is 0 Å². The molecule has 0 spiro atoms. The summed E-state index contributed by atoms with van der Waals surface area (Å²) in [5.41, 5.74) is 1.82. The number of hydrogen-bond acceptors (Lipinski definition) is 7. The van der Waals surface area contributed by atoms with E-state index in [2.05, 4.69) is 31.3 Å². The molecule has 0 bridgehead atoms. The molecule has 0 radical (unpaired) electrons. The Morgan fingerprint density at radius 3 is 2.69 bits per heavy atom. The molecule has 8 heteroatoms. The molecule has 8 nitrogen and oxygen atoms in total. The zero-order chi connectivity index (χ0) is 22.1.